The normalized spacial score (nSPS) is 11.3. The average Bonchev–Trinajstić information content (AvgIpc) is 2.52. The van der Waals surface area contributed by atoms with Gasteiger partial charge in [-0.15, -0.1) is 0 Å². The predicted octanol–water partition coefficient (Wildman–Crippen LogP) is 2.82. The van der Waals surface area contributed by atoms with Gasteiger partial charge in [0.1, 0.15) is 11.6 Å². The molecule has 0 bridgehead atoms. The van der Waals surface area contributed by atoms with E-state index in [1.165, 1.54) is 0 Å². The van der Waals surface area contributed by atoms with Gasteiger partial charge in [0.05, 0.1) is 24.7 Å². The molecular formula is C17H24N4O. The molecule has 0 atom stereocenters. The van der Waals surface area contributed by atoms with Gasteiger partial charge < -0.3 is 15.8 Å². The third-order valence-corrected chi connectivity index (χ3v) is 3.28. The van der Waals surface area contributed by atoms with Crippen molar-refractivity contribution in [2.24, 2.45) is 5.73 Å². The van der Waals surface area contributed by atoms with Gasteiger partial charge in [-0.1, -0.05) is 20.8 Å². The second-order valence-corrected chi connectivity index (χ2v) is 6.15. The Morgan fingerprint density at radius 1 is 1.18 bits per heavy atom. The fourth-order valence-electron chi connectivity index (χ4n) is 2.05. The van der Waals surface area contributed by atoms with Crippen LogP contribution >= 0.6 is 0 Å². The molecule has 0 aliphatic carbocycles. The molecule has 0 saturated heterocycles. The lowest BCUT2D eigenvalue weighted by molar-refractivity contribution is 0.415. The number of rotatable bonds is 5. The maximum atomic E-state index is 5.58. The molecule has 2 rings (SSSR count). The summed E-state index contributed by atoms with van der Waals surface area (Å²) >= 11 is 0. The zero-order valence-electron chi connectivity index (χ0n) is 13.7. The smallest absolute Gasteiger partial charge is 0.134 e. The van der Waals surface area contributed by atoms with Gasteiger partial charge in [0, 0.05) is 24.1 Å². The molecule has 3 N–H and O–H groups in total. The van der Waals surface area contributed by atoms with Crippen LogP contribution in [0.1, 0.15) is 26.6 Å². The third kappa shape index (κ3) is 3.74. The van der Waals surface area contributed by atoms with Crippen LogP contribution in [-0.2, 0) is 5.41 Å². The van der Waals surface area contributed by atoms with Crippen molar-refractivity contribution in [2.75, 3.05) is 25.5 Å². The largest absolute Gasteiger partial charge is 0.497 e. The van der Waals surface area contributed by atoms with Gasteiger partial charge in [-0.3, -0.25) is 0 Å². The SMILES string of the molecule is COc1ccc(-c2nc(C(C)(C)C)ncc2NCCN)cc1. The number of ether oxygens (including phenoxy) is 1. The number of nitrogens with zero attached hydrogens (tertiary/aromatic N) is 2. The number of aromatic nitrogens is 2. The van der Waals surface area contributed by atoms with Crippen molar-refractivity contribution >= 4 is 5.69 Å². The standard InChI is InChI=1S/C17H24N4O/c1-17(2,3)16-20-11-14(19-10-9-18)15(21-16)12-5-7-13(22-4)8-6-12/h5-8,11,19H,9-10,18H2,1-4H3. The van der Waals surface area contributed by atoms with E-state index in [2.05, 4.69) is 31.1 Å². The number of nitrogens with two attached hydrogens (primary N) is 1. The summed E-state index contributed by atoms with van der Waals surface area (Å²) in [6.45, 7) is 7.55. The van der Waals surface area contributed by atoms with E-state index >= 15 is 0 Å². The Balaban J connectivity index is 2.47. The van der Waals surface area contributed by atoms with Gasteiger partial charge in [0.25, 0.3) is 0 Å². The van der Waals surface area contributed by atoms with Crippen LogP contribution in [0.3, 0.4) is 0 Å². The molecule has 118 valence electrons. The van der Waals surface area contributed by atoms with Gasteiger partial charge in [-0.2, -0.15) is 0 Å². The average molecular weight is 300 g/mol. The van der Waals surface area contributed by atoms with Crippen LogP contribution in [0, 0.1) is 0 Å². The first-order chi connectivity index (χ1) is 10.5. The summed E-state index contributed by atoms with van der Waals surface area (Å²) < 4.78 is 5.21. The highest BCUT2D eigenvalue weighted by Gasteiger charge is 2.19. The molecule has 0 radical (unpaired) electrons. The lowest BCUT2D eigenvalue weighted by Gasteiger charge is -2.19. The molecule has 1 heterocycles. The summed E-state index contributed by atoms with van der Waals surface area (Å²) in [6.07, 6.45) is 1.84. The summed E-state index contributed by atoms with van der Waals surface area (Å²) in [5.41, 5.74) is 8.28. The first-order valence-electron chi connectivity index (χ1n) is 7.41. The van der Waals surface area contributed by atoms with Crippen LogP contribution in [0.5, 0.6) is 5.75 Å². The van der Waals surface area contributed by atoms with E-state index in [-0.39, 0.29) is 5.41 Å². The van der Waals surface area contributed by atoms with E-state index in [1.807, 2.05) is 30.5 Å². The van der Waals surface area contributed by atoms with E-state index in [0.717, 1.165) is 28.5 Å². The van der Waals surface area contributed by atoms with Crippen molar-refractivity contribution in [3.8, 4) is 17.0 Å². The summed E-state index contributed by atoms with van der Waals surface area (Å²) in [6, 6.07) is 7.87. The van der Waals surface area contributed by atoms with Crippen LogP contribution in [0.2, 0.25) is 0 Å². The summed E-state index contributed by atoms with van der Waals surface area (Å²) in [5.74, 6) is 1.64. The van der Waals surface area contributed by atoms with E-state index in [9.17, 15) is 0 Å². The van der Waals surface area contributed by atoms with E-state index < -0.39 is 0 Å². The van der Waals surface area contributed by atoms with Crippen molar-refractivity contribution in [3.05, 3.63) is 36.3 Å². The van der Waals surface area contributed by atoms with Crippen LogP contribution in [0.15, 0.2) is 30.5 Å². The quantitative estimate of drug-likeness (QED) is 0.888. The molecule has 0 saturated carbocycles. The molecule has 0 amide bonds. The van der Waals surface area contributed by atoms with E-state index in [0.29, 0.717) is 13.1 Å². The summed E-state index contributed by atoms with van der Waals surface area (Å²) in [4.78, 5) is 9.25. The molecule has 1 aromatic heterocycles. The minimum absolute atomic E-state index is 0.104. The number of hydrogen-bond acceptors (Lipinski definition) is 5. The Kier molecular flexibility index (Phi) is 4.98. The lowest BCUT2D eigenvalue weighted by atomic mass is 9.95. The number of methoxy groups -OCH3 is 1. The molecule has 22 heavy (non-hydrogen) atoms. The third-order valence-electron chi connectivity index (χ3n) is 3.28. The topological polar surface area (TPSA) is 73.1 Å². The Hall–Kier alpha value is -2.14. The molecule has 2 aromatic rings. The molecule has 5 nitrogen and oxygen atoms in total. The summed E-state index contributed by atoms with van der Waals surface area (Å²) in [5, 5.41) is 3.29. The van der Waals surface area contributed by atoms with Crippen molar-refractivity contribution in [3.63, 3.8) is 0 Å². The Labute approximate surface area is 131 Å². The molecule has 5 heteroatoms. The van der Waals surface area contributed by atoms with Crippen LogP contribution in [0.25, 0.3) is 11.3 Å². The monoisotopic (exact) mass is 300 g/mol. The Bertz CT molecular complexity index is 618. The molecule has 0 aliphatic heterocycles. The number of hydrogen-bond donors (Lipinski definition) is 2. The maximum Gasteiger partial charge on any atom is 0.134 e. The zero-order chi connectivity index (χ0) is 16.2. The first-order valence-corrected chi connectivity index (χ1v) is 7.41. The number of benzene rings is 1. The van der Waals surface area contributed by atoms with Crippen molar-refractivity contribution in [1.29, 1.82) is 0 Å². The number of nitrogens with one attached hydrogen (secondary N) is 1. The summed E-state index contributed by atoms with van der Waals surface area (Å²) in [7, 11) is 1.66. The second-order valence-electron chi connectivity index (χ2n) is 6.15. The Morgan fingerprint density at radius 2 is 1.86 bits per heavy atom. The van der Waals surface area contributed by atoms with Crippen molar-refractivity contribution < 1.29 is 4.74 Å². The molecule has 0 fully saturated rings. The predicted molar refractivity (Wildman–Crippen MR) is 90.3 cm³/mol. The lowest BCUT2D eigenvalue weighted by Crippen LogP contribution is -2.18. The highest BCUT2D eigenvalue weighted by molar-refractivity contribution is 5.74. The highest BCUT2D eigenvalue weighted by Crippen LogP contribution is 2.29. The molecule has 1 aromatic carbocycles. The molecule has 0 unspecified atom stereocenters. The van der Waals surface area contributed by atoms with Crippen molar-refractivity contribution in [1.82, 2.24) is 9.97 Å². The maximum absolute atomic E-state index is 5.58. The first kappa shape index (κ1) is 16.2. The number of anilines is 1. The fraction of sp³-hybridized carbons (Fsp3) is 0.412. The van der Waals surface area contributed by atoms with E-state index in [1.54, 1.807) is 7.11 Å². The van der Waals surface area contributed by atoms with Gasteiger partial charge in [0.15, 0.2) is 0 Å². The Morgan fingerprint density at radius 3 is 2.41 bits per heavy atom. The van der Waals surface area contributed by atoms with Gasteiger partial charge in [-0.05, 0) is 24.3 Å². The zero-order valence-corrected chi connectivity index (χ0v) is 13.7. The van der Waals surface area contributed by atoms with Crippen LogP contribution < -0.4 is 15.8 Å². The minimum Gasteiger partial charge on any atom is -0.497 e. The molecular weight excluding hydrogens is 276 g/mol. The molecule has 0 aliphatic rings. The van der Waals surface area contributed by atoms with Gasteiger partial charge in [0.2, 0.25) is 0 Å². The van der Waals surface area contributed by atoms with Gasteiger partial charge in [-0.25, -0.2) is 9.97 Å². The minimum atomic E-state index is -0.104. The van der Waals surface area contributed by atoms with Gasteiger partial charge >= 0.3 is 0 Å². The highest BCUT2D eigenvalue weighted by atomic mass is 16.5. The molecule has 0 spiro atoms. The van der Waals surface area contributed by atoms with Crippen molar-refractivity contribution in [2.45, 2.75) is 26.2 Å². The van der Waals surface area contributed by atoms with Crippen LogP contribution in [-0.4, -0.2) is 30.2 Å². The van der Waals surface area contributed by atoms with E-state index in [4.69, 9.17) is 15.5 Å². The second kappa shape index (κ2) is 6.75. The van der Waals surface area contributed by atoms with Crippen LogP contribution in [0.4, 0.5) is 5.69 Å². The fourth-order valence-corrected chi connectivity index (χ4v) is 2.05.